The van der Waals surface area contributed by atoms with Crippen LogP contribution in [0.15, 0.2) is 73.2 Å². The molecule has 7 heteroatoms. The fraction of sp³-hybridized carbons (Fsp3) is 0.286. The van der Waals surface area contributed by atoms with E-state index in [9.17, 15) is 4.79 Å². The summed E-state index contributed by atoms with van der Waals surface area (Å²) in [5.74, 6) is 1.72. The SMILES string of the molecule is COc1cccc(Cn2cc(CC(=O)N3CCOCC3)c3cc(OCc4ccncc4)ccc32)c1. The number of carbonyl (C=O) groups excluding carboxylic acids is 1. The number of ether oxygens (including phenoxy) is 3. The lowest BCUT2D eigenvalue weighted by Crippen LogP contribution is -2.41. The number of morpholine rings is 1. The third-order valence-corrected chi connectivity index (χ3v) is 6.28. The number of hydrogen-bond acceptors (Lipinski definition) is 5. The Morgan fingerprint density at radius 3 is 2.63 bits per heavy atom. The second-order valence-corrected chi connectivity index (χ2v) is 8.63. The van der Waals surface area contributed by atoms with E-state index < -0.39 is 0 Å². The van der Waals surface area contributed by atoms with E-state index in [1.54, 1.807) is 19.5 Å². The molecule has 2 aromatic heterocycles. The molecule has 1 amide bonds. The summed E-state index contributed by atoms with van der Waals surface area (Å²) in [4.78, 5) is 19.0. The maximum absolute atomic E-state index is 13.1. The normalized spacial score (nSPS) is 13.7. The van der Waals surface area contributed by atoms with Crippen molar-refractivity contribution in [1.82, 2.24) is 14.5 Å². The van der Waals surface area contributed by atoms with E-state index in [-0.39, 0.29) is 5.91 Å². The van der Waals surface area contributed by atoms with Crippen molar-refractivity contribution in [3.05, 3.63) is 89.9 Å². The van der Waals surface area contributed by atoms with Crippen LogP contribution in [-0.2, 0) is 29.1 Å². The van der Waals surface area contributed by atoms with Crippen LogP contribution >= 0.6 is 0 Å². The van der Waals surface area contributed by atoms with Crippen molar-refractivity contribution >= 4 is 16.8 Å². The minimum Gasteiger partial charge on any atom is -0.497 e. The number of carbonyl (C=O) groups is 1. The lowest BCUT2D eigenvalue weighted by Gasteiger charge is -2.26. The molecule has 180 valence electrons. The van der Waals surface area contributed by atoms with Crippen LogP contribution in [-0.4, -0.2) is 53.8 Å². The summed E-state index contributed by atoms with van der Waals surface area (Å²) in [5, 5.41) is 1.03. The summed E-state index contributed by atoms with van der Waals surface area (Å²) in [5.41, 5.74) is 4.24. The molecule has 0 bridgehead atoms. The van der Waals surface area contributed by atoms with Crippen LogP contribution in [0.4, 0.5) is 0 Å². The summed E-state index contributed by atoms with van der Waals surface area (Å²) >= 11 is 0. The minimum atomic E-state index is 0.122. The number of aromatic nitrogens is 2. The van der Waals surface area contributed by atoms with Gasteiger partial charge in [0, 0.05) is 49.1 Å². The van der Waals surface area contributed by atoms with Gasteiger partial charge in [-0.05, 0) is 59.2 Å². The molecule has 7 nitrogen and oxygen atoms in total. The van der Waals surface area contributed by atoms with Crippen molar-refractivity contribution in [3.63, 3.8) is 0 Å². The van der Waals surface area contributed by atoms with Gasteiger partial charge in [-0.25, -0.2) is 0 Å². The highest BCUT2D eigenvalue weighted by atomic mass is 16.5. The Bertz CT molecular complexity index is 1300. The monoisotopic (exact) mass is 471 g/mol. The standard InChI is InChI=1S/C28H29N3O4/c1-33-24-4-2-3-22(15-24)18-31-19-23(16-28(32)30-11-13-34-14-12-30)26-17-25(5-6-27(26)31)35-20-21-7-9-29-10-8-21/h2-10,15,17,19H,11-14,16,18,20H2,1H3. The fourth-order valence-electron chi connectivity index (χ4n) is 4.41. The molecule has 0 saturated carbocycles. The first kappa shape index (κ1) is 22.9. The van der Waals surface area contributed by atoms with E-state index in [0.29, 0.717) is 45.9 Å². The zero-order valence-corrected chi connectivity index (χ0v) is 19.9. The van der Waals surface area contributed by atoms with Gasteiger partial charge in [0.1, 0.15) is 18.1 Å². The molecule has 0 N–H and O–H groups in total. The van der Waals surface area contributed by atoms with Crippen molar-refractivity contribution in [2.45, 2.75) is 19.6 Å². The first-order valence-corrected chi connectivity index (χ1v) is 11.8. The van der Waals surface area contributed by atoms with E-state index in [2.05, 4.69) is 27.9 Å². The first-order chi connectivity index (χ1) is 17.2. The number of amides is 1. The maximum atomic E-state index is 13.1. The third kappa shape index (κ3) is 5.46. The Labute approximate surface area is 204 Å². The second kappa shape index (κ2) is 10.6. The molecule has 2 aromatic carbocycles. The van der Waals surface area contributed by atoms with Crippen molar-refractivity contribution in [3.8, 4) is 11.5 Å². The second-order valence-electron chi connectivity index (χ2n) is 8.63. The summed E-state index contributed by atoms with van der Waals surface area (Å²) in [7, 11) is 1.67. The van der Waals surface area contributed by atoms with Gasteiger partial charge in [0.05, 0.1) is 26.7 Å². The Morgan fingerprint density at radius 1 is 1.00 bits per heavy atom. The number of benzene rings is 2. The first-order valence-electron chi connectivity index (χ1n) is 11.8. The van der Waals surface area contributed by atoms with Gasteiger partial charge in [-0.2, -0.15) is 0 Å². The van der Waals surface area contributed by atoms with Gasteiger partial charge in [0.15, 0.2) is 0 Å². The Morgan fingerprint density at radius 2 is 1.83 bits per heavy atom. The van der Waals surface area contributed by atoms with Crippen LogP contribution in [0.25, 0.3) is 10.9 Å². The molecule has 1 saturated heterocycles. The summed E-state index contributed by atoms with van der Waals surface area (Å²) in [6, 6.07) is 18.0. The van der Waals surface area contributed by atoms with E-state index in [4.69, 9.17) is 14.2 Å². The van der Waals surface area contributed by atoms with Crippen LogP contribution in [0, 0.1) is 0 Å². The summed E-state index contributed by atoms with van der Waals surface area (Å²) in [6.45, 7) is 3.60. The highest BCUT2D eigenvalue weighted by Gasteiger charge is 2.20. The fourth-order valence-corrected chi connectivity index (χ4v) is 4.41. The van der Waals surface area contributed by atoms with Crippen LogP contribution in [0.5, 0.6) is 11.5 Å². The van der Waals surface area contributed by atoms with E-state index in [0.717, 1.165) is 39.1 Å². The highest BCUT2D eigenvalue weighted by Crippen LogP contribution is 2.29. The molecule has 35 heavy (non-hydrogen) atoms. The number of pyridine rings is 1. The topological polar surface area (TPSA) is 65.8 Å². The lowest BCUT2D eigenvalue weighted by atomic mass is 10.1. The highest BCUT2D eigenvalue weighted by molar-refractivity contribution is 5.90. The summed E-state index contributed by atoms with van der Waals surface area (Å²) in [6.07, 6.45) is 5.95. The quantitative estimate of drug-likeness (QED) is 0.388. The zero-order valence-electron chi connectivity index (χ0n) is 19.9. The molecule has 0 radical (unpaired) electrons. The number of methoxy groups -OCH3 is 1. The van der Waals surface area contributed by atoms with Gasteiger partial charge < -0.3 is 23.7 Å². The number of fused-ring (bicyclic) bond motifs is 1. The van der Waals surface area contributed by atoms with Crippen molar-refractivity contribution in [1.29, 1.82) is 0 Å². The Kier molecular flexibility index (Phi) is 6.95. The minimum absolute atomic E-state index is 0.122. The molecule has 1 aliphatic heterocycles. The van der Waals surface area contributed by atoms with Gasteiger partial charge in [-0.3, -0.25) is 9.78 Å². The van der Waals surface area contributed by atoms with Gasteiger partial charge in [-0.15, -0.1) is 0 Å². The average molecular weight is 472 g/mol. The molecule has 0 spiro atoms. The van der Waals surface area contributed by atoms with Crippen molar-refractivity contribution in [2.75, 3.05) is 33.4 Å². The molecule has 0 atom stereocenters. The van der Waals surface area contributed by atoms with Crippen LogP contribution in [0.3, 0.4) is 0 Å². The Balaban J connectivity index is 1.44. The number of nitrogens with zero attached hydrogens (tertiary/aromatic N) is 3. The van der Waals surface area contributed by atoms with Gasteiger partial charge in [-0.1, -0.05) is 12.1 Å². The molecule has 0 aliphatic carbocycles. The zero-order chi connectivity index (χ0) is 24.0. The smallest absolute Gasteiger partial charge is 0.227 e. The van der Waals surface area contributed by atoms with Crippen LogP contribution < -0.4 is 9.47 Å². The Hall–Kier alpha value is -3.84. The molecular formula is C28H29N3O4. The molecular weight excluding hydrogens is 442 g/mol. The molecule has 1 aliphatic rings. The van der Waals surface area contributed by atoms with Crippen LogP contribution in [0.1, 0.15) is 16.7 Å². The van der Waals surface area contributed by atoms with Gasteiger partial charge >= 0.3 is 0 Å². The third-order valence-electron chi connectivity index (χ3n) is 6.28. The molecule has 5 rings (SSSR count). The molecule has 4 aromatic rings. The molecule has 0 unspecified atom stereocenters. The number of rotatable bonds is 8. The average Bonchev–Trinajstić information content (AvgIpc) is 3.24. The number of hydrogen-bond donors (Lipinski definition) is 0. The molecule has 3 heterocycles. The lowest BCUT2D eigenvalue weighted by molar-refractivity contribution is -0.134. The van der Waals surface area contributed by atoms with Crippen LogP contribution in [0.2, 0.25) is 0 Å². The van der Waals surface area contributed by atoms with E-state index >= 15 is 0 Å². The maximum Gasteiger partial charge on any atom is 0.227 e. The van der Waals surface area contributed by atoms with Crippen molar-refractivity contribution in [2.24, 2.45) is 0 Å². The summed E-state index contributed by atoms with van der Waals surface area (Å²) < 4.78 is 19.1. The van der Waals surface area contributed by atoms with Crippen molar-refractivity contribution < 1.29 is 19.0 Å². The predicted octanol–water partition coefficient (Wildman–Crippen LogP) is 4.07. The largest absolute Gasteiger partial charge is 0.497 e. The predicted molar refractivity (Wildman–Crippen MR) is 134 cm³/mol. The van der Waals surface area contributed by atoms with Gasteiger partial charge in [0.2, 0.25) is 5.91 Å². The van der Waals surface area contributed by atoms with Gasteiger partial charge in [0.25, 0.3) is 0 Å². The van der Waals surface area contributed by atoms with E-state index in [1.165, 1.54) is 0 Å². The van der Waals surface area contributed by atoms with E-state index in [1.807, 2.05) is 47.4 Å². The molecule has 1 fully saturated rings.